The van der Waals surface area contributed by atoms with Crippen LogP contribution < -0.4 is 0 Å². The fraction of sp³-hybridized carbons (Fsp3) is 0.692. The molecule has 80 valence electrons. The molecule has 2 saturated carbocycles. The van der Waals surface area contributed by atoms with E-state index >= 15 is 0 Å². The second-order valence-corrected chi connectivity index (χ2v) is 5.28. The lowest BCUT2D eigenvalue weighted by atomic mass is 10.1. The summed E-state index contributed by atoms with van der Waals surface area (Å²) in [6.07, 6.45) is 5.26. The van der Waals surface area contributed by atoms with Crippen LogP contribution in [-0.4, -0.2) is 9.97 Å². The molecule has 0 atom stereocenters. The average Bonchev–Trinajstić information content (AvgIpc) is 3.06. The molecule has 3 rings (SSSR count). The van der Waals surface area contributed by atoms with E-state index in [-0.39, 0.29) is 0 Å². The van der Waals surface area contributed by atoms with Crippen LogP contribution in [0.2, 0.25) is 0 Å². The van der Waals surface area contributed by atoms with Crippen molar-refractivity contribution in [1.82, 2.24) is 9.97 Å². The maximum atomic E-state index is 4.73. The lowest BCUT2D eigenvalue weighted by molar-refractivity contribution is 0.765. The SMILES string of the molecule is CC(C)c1cc(C2CC2)nc(C2CC2)n1. The van der Waals surface area contributed by atoms with Gasteiger partial charge in [0.25, 0.3) is 0 Å². The van der Waals surface area contributed by atoms with Crippen molar-refractivity contribution in [2.75, 3.05) is 0 Å². The molecule has 0 bridgehead atoms. The quantitative estimate of drug-likeness (QED) is 0.751. The van der Waals surface area contributed by atoms with E-state index < -0.39 is 0 Å². The lowest BCUT2D eigenvalue weighted by Gasteiger charge is -2.09. The van der Waals surface area contributed by atoms with E-state index in [0.29, 0.717) is 11.8 Å². The zero-order chi connectivity index (χ0) is 10.4. The summed E-state index contributed by atoms with van der Waals surface area (Å²) in [5, 5.41) is 0. The summed E-state index contributed by atoms with van der Waals surface area (Å²) in [4.78, 5) is 9.42. The first-order chi connectivity index (χ1) is 7.24. The average molecular weight is 202 g/mol. The summed E-state index contributed by atoms with van der Waals surface area (Å²) in [5.41, 5.74) is 2.56. The second kappa shape index (κ2) is 3.29. The smallest absolute Gasteiger partial charge is 0.131 e. The normalized spacial score (nSPS) is 21.0. The van der Waals surface area contributed by atoms with Crippen LogP contribution in [0.5, 0.6) is 0 Å². The van der Waals surface area contributed by atoms with Crippen LogP contribution in [-0.2, 0) is 0 Å². The molecule has 0 aliphatic heterocycles. The molecule has 1 heterocycles. The monoisotopic (exact) mass is 202 g/mol. The van der Waals surface area contributed by atoms with Crippen LogP contribution in [0.25, 0.3) is 0 Å². The number of hydrogen-bond acceptors (Lipinski definition) is 2. The first-order valence-corrected chi connectivity index (χ1v) is 6.13. The van der Waals surface area contributed by atoms with Gasteiger partial charge in [-0.2, -0.15) is 0 Å². The molecule has 2 aliphatic carbocycles. The molecule has 15 heavy (non-hydrogen) atoms. The summed E-state index contributed by atoms with van der Waals surface area (Å²) in [6, 6.07) is 2.23. The lowest BCUT2D eigenvalue weighted by Crippen LogP contribution is -2.03. The van der Waals surface area contributed by atoms with Crippen molar-refractivity contribution in [1.29, 1.82) is 0 Å². The third-order valence-electron chi connectivity index (χ3n) is 3.31. The first-order valence-electron chi connectivity index (χ1n) is 6.13. The predicted octanol–water partition coefficient (Wildman–Crippen LogP) is 3.35. The summed E-state index contributed by atoms with van der Waals surface area (Å²) < 4.78 is 0. The molecular formula is C13H18N2. The highest BCUT2D eigenvalue weighted by atomic mass is 14.9. The molecule has 2 heteroatoms. The number of aromatic nitrogens is 2. The predicted molar refractivity (Wildman–Crippen MR) is 60.1 cm³/mol. The molecule has 1 aromatic heterocycles. The highest BCUT2D eigenvalue weighted by Crippen LogP contribution is 2.42. The van der Waals surface area contributed by atoms with E-state index in [1.807, 2.05) is 0 Å². The zero-order valence-corrected chi connectivity index (χ0v) is 9.53. The largest absolute Gasteiger partial charge is 0.237 e. The first kappa shape index (κ1) is 9.32. The minimum Gasteiger partial charge on any atom is -0.237 e. The highest BCUT2D eigenvalue weighted by Gasteiger charge is 2.31. The van der Waals surface area contributed by atoms with Crippen LogP contribution in [0.15, 0.2) is 6.07 Å². The van der Waals surface area contributed by atoms with E-state index in [1.165, 1.54) is 37.1 Å². The van der Waals surface area contributed by atoms with E-state index in [1.54, 1.807) is 0 Å². The van der Waals surface area contributed by atoms with Gasteiger partial charge in [-0.05, 0) is 37.7 Å². The Balaban J connectivity index is 1.99. The van der Waals surface area contributed by atoms with E-state index in [2.05, 4.69) is 19.9 Å². The minimum atomic E-state index is 0.531. The number of nitrogens with zero attached hydrogens (tertiary/aromatic N) is 2. The van der Waals surface area contributed by atoms with Gasteiger partial charge in [0, 0.05) is 23.2 Å². The van der Waals surface area contributed by atoms with Crippen molar-refractivity contribution in [2.45, 2.75) is 57.3 Å². The van der Waals surface area contributed by atoms with Gasteiger partial charge in [0.05, 0.1) is 0 Å². The summed E-state index contributed by atoms with van der Waals surface area (Å²) in [6.45, 7) is 4.44. The third kappa shape index (κ3) is 1.90. The van der Waals surface area contributed by atoms with Crippen molar-refractivity contribution in [3.8, 4) is 0 Å². The van der Waals surface area contributed by atoms with Gasteiger partial charge in [-0.25, -0.2) is 9.97 Å². The number of hydrogen-bond donors (Lipinski definition) is 0. The van der Waals surface area contributed by atoms with Crippen LogP contribution >= 0.6 is 0 Å². The van der Waals surface area contributed by atoms with Gasteiger partial charge < -0.3 is 0 Å². The van der Waals surface area contributed by atoms with Crippen LogP contribution in [0, 0.1) is 0 Å². The maximum absolute atomic E-state index is 4.73. The standard InChI is InChI=1S/C13H18N2/c1-8(2)11-7-12(9-3-4-9)15-13(14-11)10-5-6-10/h7-10H,3-6H2,1-2H3. The van der Waals surface area contributed by atoms with Crippen molar-refractivity contribution in [2.24, 2.45) is 0 Å². The Bertz CT molecular complexity index is 316. The van der Waals surface area contributed by atoms with Gasteiger partial charge in [0.2, 0.25) is 0 Å². The Kier molecular flexibility index (Phi) is 2.04. The fourth-order valence-corrected chi connectivity index (χ4v) is 1.91. The minimum absolute atomic E-state index is 0.531. The summed E-state index contributed by atoms with van der Waals surface area (Å²) >= 11 is 0. The molecule has 0 saturated heterocycles. The van der Waals surface area contributed by atoms with Crippen LogP contribution in [0.3, 0.4) is 0 Å². The van der Waals surface area contributed by atoms with Gasteiger partial charge >= 0.3 is 0 Å². The topological polar surface area (TPSA) is 25.8 Å². The third-order valence-corrected chi connectivity index (χ3v) is 3.31. The molecule has 2 aliphatic rings. The Hall–Kier alpha value is -0.920. The second-order valence-electron chi connectivity index (χ2n) is 5.28. The summed E-state index contributed by atoms with van der Waals surface area (Å²) in [5.74, 6) is 3.09. The molecule has 0 aromatic carbocycles. The van der Waals surface area contributed by atoms with Crippen molar-refractivity contribution >= 4 is 0 Å². The van der Waals surface area contributed by atoms with E-state index in [9.17, 15) is 0 Å². The van der Waals surface area contributed by atoms with Gasteiger partial charge in [-0.1, -0.05) is 13.8 Å². The Morgan fingerprint density at radius 3 is 2.27 bits per heavy atom. The maximum Gasteiger partial charge on any atom is 0.131 e. The highest BCUT2D eigenvalue weighted by molar-refractivity contribution is 5.23. The van der Waals surface area contributed by atoms with Gasteiger partial charge in [-0.15, -0.1) is 0 Å². The zero-order valence-electron chi connectivity index (χ0n) is 9.53. The van der Waals surface area contributed by atoms with Crippen LogP contribution in [0.1, 0.15) is 74.5 Å². The Morgan fingerprint density at radius 2 is 1.73 bits per heavy atom. The van der Waals surface area contributed by atoms with Gasteiger partial charge in [0.15, 0.2) is 0 Å². The fourth-order valence-electron chi connectivity index (χ4n) is 1.91. The van der Waals surface area contributed by atoms with Crippen LogP contribution in [0.4, 0.5) is 0 Å². The molecule has 2 fully saturated rings. The molecule has 0 amide bonds. The van der Waals surface area contributed by atoms with E-state index in [4.69, 9.17) is 9.97 Å². The van der Waals surface area contributed by atoms with Gasteiger partial charge in [0.1, 0.15) is 5.82 Å². The Labute approximate surface area is 91.1 Å². The van der Waals surface area contributed by atoms with E-state index in [0.717, 1.165) is 11.7 Å². The molecular weight excluding hydrogens is 184 g/mol. The molecule has 2 nitrogen and oxygen atoms in total. The molecule has 0 spiro atoms. The Morgan fingerprint density at radius 1 is 1.07 bits per heavy atom. The molecule has 0 N–H and O–H groups in total. The van der Waals surface area contributed by atoms with Gasteiger partial charge in [-0.3, -0.25) is 0 Å². The van der Waals surface area contributed by atoms with Crippen molar-refractivity contribution in [3.63, 3.8) is 0 Å². The molecule has 1 aromatic rings. The molecule has 0 unspecified atom stereocenters. The summed E-state index contributed by atoms with van der Waals surface area (Å²) in [7, 11) is 0. The van der Waals surface area contributed by atoms with Crippen molar-refractivity contribution < 1.29 is 0 Å². The van der Waals surface area contributed by atoms with Crippen molar-refractivity contribution in [3.05, 3.63) is 23.3 Å². The molecule has 0 radical (unpaired) electrons. The number of rotatable bonds is 3.